The van der Waals surface area contributed by atoms with Gasteiger partial charge in [0.15, 0.2) is 0 Å². The molecular weight excluding hydrogens is 280 g/mol. The summed E-state index contributed by atoms with van der Waals surface area (Å²) >= 11 is 0. The summed E-state index contributed by atoms with van der Waals surface area (Å²) in [7, 11) is 0. The lowest BCUT2D eigenvalue weighted by Gasteiger charge is -2.53. The smallest absolute Gasteiger partial charge is 0.311 e. The molecule has 0 aromatic carbocycles. The highest BCUT2D eigenvalue weighted by molar-refractivity contribution is 5.85. The molecule has 0 spiro atoms. The van der Waals surface area contributed by atoms with Gasteiger partial charge in [0.1, 0.15) is 0 Å². The van der Waals surface area contributed by atoms with E-state index in [0.717, 1.165) is 51.4 Å². The third kappa shape index (κ3) is 2.68. The number of allylic oxidation sites excluding steroid dienone is 2. The SMILES string of the molecule is CCCCC1(C2(C(=O)O)CC=CCC2C(=O)O)CCCCC1. The number of unbranched alkanes of at least 4 members (excludes halogenated alkanes) is 1. The molecule has 2 rings (SSSR count). The van der Waals surface area contributed by atoms with E-state index in [1.807, 2.05) is 12.2 Å². The Hall–Kier alpha value is -1.32. The van der Waals surface area contributed by atoms with E-state index in [4.69, 9.17) is 0 Å². The molecule has 2 aliphatic rings. The first-order valence-electron chi connectivity index (χ1n) is 8.61. The van der Waals surface area contributed by atoms with Crippen LogP contribution in [0.3, 0.4) is 0 Å². The minimum Gasteiger partial charge on any atom is -0.481 e. The molecule has 2 N–H and O–H groups in total. The molecule has 22 heavy (non-hydrogen) atoms. The van der Waals surface area contributed by atoms with Crippen LogP contribution in [-0.4, -0.2) is 22.2 Å². The zero-order chi connectivity index (χ0) is 16.2. The standard InChI is InChI=1S/C18H28O4/c1-2-3-10-17(11-6-4-7-12-17)18(16(21)22)13-8-5-9-14(18)15(19)20/h5,8,14H,2-4,6-7,9-13H2,1H3,(H,19,20)(H,21,22). The van der Waals surface area contributed by atoms with Gasteiger partial charge in [-0.2, -0.15) is 0 Å². The van der Waals surface area contributed by atoms with Crippen LogP contribution in [-0.2, 0) is 9.59 Å². The summed E-state index contributed by atoms with van der Waals surface area (Å²) in [5, 5.41) is 19.8. The summed E-state index contributed by atoms with van der Waals surface area (Å²) in [5.74, 6) is -2.65. The van der Waals surface area contributed by atoms with Crippen LogP contribution in [0.25, 0.3) is 0 Å². The van der Waals surface area contributed by atoms with Crippen molar-refractivity contribution in [1.82, 2.24) is 0 Å². The van der Waals surface area contributed by atoms with Crippen molar-refractivity contribution in [1.29, 1.82) is 0 Å². The van der Waals surface area contributed by atoms with Gasteiger partial charge in [0.25, 0.3) is 0 Å². The molecule has 2 aliphatic carbocycles. The molecular formula is C18H28O4. The lowest BCUT2D eigenvalue weighted by atomic mass is 9.48. The van der Waals surface area contributed by atoms with Gasteiger partial charge in [-0.1, -0.05) is 51.2 Å². The molecule has 0 aliphatic heterocycles. The molecule has 4 heteroatoms. The van der Waals surface area contributed by atoms with Crippen molar-refractivity contribution in [2.75, 3.05) is 0 Å². The maximum Gasteiger partial charge on any atom is 0.311 e. The largest absolute Gasteiger partial charge is 0.481 e. The number of carbonyl (C=O) groups is 2. The summed E-state index contributed by atoms with van der Waals surface area (Å²) in [4.78, 5) is 24.2. The molecule has 124 valence electrons. The van der Waals surface area contributed by atoms with Crippen LogP contribution in [0.1, 0.15) is 71.1 Å². The maximum absolute atomic E-state index is 12.4. The van der Waals surface area contributed by atoms with Gasteiger partial charge < -0.3 is 10.2 Å². The van der Waals surface area contributed by atoms with Gasteiger partial charge in [0.2, 0.25) is 0 Å². The Kier molecular flexibility index (Phi) is 5.30. The molecule has 0 bridgehead atoms. The molecule has 1 fully saturated rings. The van der Waals surface area contributed by atoms with Crippen molar-refractivity contribution in [3.63, 3.8) is 0 Å². The van der Waals surface area contributed by atoms with Crippen molar-refractivity contribution in [2.24, 2.45) is 16.7 Å². The molecule has 0 heterocycles. The monoisotopic (exact) mass is 308 g/mol. The number of hydrogen-bond acceptors (Lipinski definition) is 2. The van der Waals surface area contributed by atoms with Crippen molar-refractivity contribution < 1.29 is 19.8 Å². The lowest BCUT2D eigenvalue weighted by Crippen LogP contribution is -2.56. The molecule has 4 nitrogen and oxygen atoms in total. The molecule has 0 radical (unpaired) electrons. The quantitative estimate of drug-likeness (QED) is 0.719. The minimum atomic E-state index is -1.14. The highest BCUT2D eigenvalue weighted by atomic mass is 16.4. The van der Waals surface area contributed by atoms with Crippen LogP contribution in [0, 0.1) is 16.7 Å². The third-order valence-electron chi connectivity index (χ3n) is 6.02. The van der Waals surface area contributed by atoms with Crippen LogP contribution in [0.5, 0.6) is 0 Å². The Labute approximate surface area is 132 Å². The maximum atomic E-state index is 12.4. The molecule has 2 unspecified atom stereocenters. The van der Waals surface area contributed by atoms with Crippen molar-refractivity contribution >= 4 is 11.9 Å². The Bertz CT molecular complexity index is 448. The van der Waals surface area contributed by atoms with E-state index >= 15 is 0 Å². The number of rotatable bonds is 6. The Morgan fingerprint density at radius 2 is 1.82 bits per heavy atom. The highest BCUT2D eigenvalue weighted by Crippen LogP contribution is 2.60. The summed E-state index contributed by atoms with van der Waals surface area (Å²) in [5.41, 5.74) is -1.50. The van der Waals surface area contributed by atoms with E-state index in [2.05, 4.69) is 6.92 Å². The molecule has 2 atom stereocenters. The Morgan fingerprint density at radius 3 is 2.36 bits per heavy atom. The van der Waals surface area contributed by atoms with E-state index in [9.17, 15) is 19.8 Å². The summed E-state index contributed by atoms with van der Waals surface area (Å²) < 4.78 is 0. The molecule has 0 aromatic rings. The first-order valence-corrected chi connectivity index (χ1v) is 8.61. The van der Waals surface area contributed by atoms with Crippen LogP contribution < -0.4 is 0 Å². The van der Waals surface area contributed by atoms with E-state index in [0.29, 0.717) is 12.8 Å². The Morgan fingerprint density at radius 1 is 1.14 bits per heavy atom. The fourth-order valence-electron chi connectivity index (χ4n) is 4.87. The van der Waals surface area contributed by atoms with Gasteiger partial charge in [0.05, 0.1) is 11.3 Å². The van der Waals surface area contributed by atoms with Gasteiger partial charge in [0, 0.05) is 0 Å². The topological polar surface area (TPSA) is 74.6 Å². The fraction of sp³-hybridized carbons (Fsp3) is 0.778. The average Bonchev–Trinajstić information content (AvgIpc) is 2.53. The van der Waals surface area contributed by atoms with Crippen LogP contribution in [0.15, 0.2) is 12.2 Å². The van der Waals surface area contributed by atoms with E-state index in [-0.39, 0.29) is 5.41 Å². The van der Waals surface area contributed by atoms with Crippen molar-refractivity contribution in [2.45, 2.75) is 71.1 Å². The van der Waals surface area contributed by atoms with Gasteiger partial charge in [-0.3, -0.25) is 9.59 Å². The summed E-state index contributed by atoms with van der Waals surface area (Å²) in [6.45, 7) is 2.11. The zero-order valence-corrected chi connectivity index (χ0v) is 13.5. The molecule has 0 amide bonds. The molecule has 0 saturated heterocycles. The third-order valence-corrected chi connectivity index (χ3v) is 6.02. The van der Waals surface area contributed by atoms with E-state index in [1.54, 1.807) is 0 Å². The number of carboxylic acids is 2. The van der Waals surface area contributed by atoms with E-state index < -0.39 is 23.3 Å². The second kappa shape index (κ2) is 6.84. The lowest BCUT2D eigenvalue weighted by molar-refractivity contribution is -0.180. The molecule has 1 saturated carbocycles. The van der Waals surface area contributed by atoms with Crippen LogP contribution in [0.4, 0.5) is 0 Å². The number of carboxylic acid groups (broad SMARTS) is 2. The second-order valence-electron chi connectivity index (χ2n) is 7.02. The number of hydrogen-bond donors (Lipinski definition) is 2. The van der Waals surface area contributed by atoms with Crippen molar-refractivity contribution in [3.05, 3.63) is 12.2 Å². The minimum absolute atomic E-state index is 0.343. The van der Waals surface area contributed by atoms with Gasteiger partial charge in [-0.25, -0.2) is 0 Å². The average molecular weight is 308 g/mol. The first-order chi connectivity index (χ1) is 10.5. The second-order valence-corrected chi connectivity index (χ2v) is 7.02. The highest BCUT2D eigenvalue weighted by Gasteiger charge is 2.61. The van der Waals surface area contributed by atoms with E-state index in [1.165, 1.54) is 0 Å². The Balaban J connectivity index is 2.51. The van der Waals surface area contributed by atoms with Gasteiger partial charge in [-0.05, 0) is 37.5 Å². The molecule has 0 aromatic heterocycles. The predicted octanol–water partition coefficient (Wildman–Crippen LogP) is 4.25. The van der Waals surface area contributed by atoms with Crippen molar-refractivity contribution in [3.8, 4) is 0 Å². The predicted molar refractivity (Wildman–Crippen MR) is 84.6 cm³/mol. The number of aliphatic carboxylic acids is 2. The van der Waals surface area contributed by atoms with Crippen LogP contribution in [0.2, 0.25) is 0 Å². The fourth-order valence-corrected chi connectivity index (χ4v) is 4.87. The zero-order valence-electron chi connectivity index (χ0n) is 13.5. The summed E-state index contributed by atoms with van der Waals surface area (Å²) in [6.07, 6.45) is 12.2. The first kappa shape index (κ1) is 17.0. The van der Waals surface area contributed by atoms with Crippen LogP contribution >= 0.6 is 0 Å². The normalized spacial score (nSPS) is 30.9. The van der Waals surface area contributed by atoms with Gasteiger partial charge >= 0.3 is 11.9 Å². The van der Waals surface area contributed by atoms with Gasteiger partial charge in [-0.15, -0.1) is 0 Å². The summed E-state index contributed by atoms with van der Waals surface area (Å²) in [6, 6.07) is 0.